The van der Waals surface area contributed by atoms with Crippen LogP contribution in [-0.4, -0.2) is 48.7 Å². The first-order chi connectivity index (χ1) is 12.8. The van der Waals surface area contributed by atoms with E-state index in [0.717, 1.165) is 18.4 Å². The van der Waals surface area contributed by atoms with Crippen molar-refractivity contribution in [2.45, 2.75) is 37.7 Å². The number of carbonyl (C=O) groups is 2. The minimum absolute atomic E-state index is 0.00340. The zero-order chi connectivity index (χ0) is 19.6. The summed E-state index contributed by atoms with van der Waals surface area (Å²) < 4.78 is 31.6. The van der Waals surface area contributed by atoms with Crippen molar-refractivity contribution < 1.29 is 22.7 Å². The van der Waals surface area contributed by atoms with E-state index in [4.69, 9.17) is 4.74 Å². The highest BCUT2D eigenvalue weighted by molar-refractivity contribution is 7.89. The first-order valence-electron chi connectivity index (χ1n) is 8.79. The lowest BCUT2D eigenvalue weighted by molar-refractivity contribution is 0.0313. The number of sulfonamides is 1. The topological polar surface area (TPSA) is 96.5 Å². The standard InChI is InChI=1S/C19H22N2O5S/c1-13-5-7-15(8-6-13)18(22)14(2)26-19(23)17-11-16(12-20-17)27(24,25)21-9-3-4-10-21/h5-8,11-12,14,20H,3-4,9-10H2,1-2H3/t14-/m1/s1. The number of H-pyrrole nitrogens is 1. The van der Waals surface area contributed by atoms with Crippen LogP contribution >= 0.6 is 0 Å². The molecule has 144 valence electrons. The Bertz CT molecular complexity index is 941. The average molecular weight is 390 g/mol. The summed E-state index contributed by atoms with van der Waals surface area (Å²) in [4.78, 5) is 27.3. The van der Waals surface area contributed by atoms with Gasteiger partial charge < -0.3 is 9.72 Å². The zero-order valence-electron chi connectivity index (χ0n) is 15.3. The predicted molar refractivity (Wildman–Crippen MR) is 99.2 cm³/mol. The van der Waals surface area contributed by atoms with Crippen LogP contribution in [-0.2, 0) is 14.8 Å². The Morgan fingerprint density at radius 3 is 2.41 bits per heavy atom. The molecule has 7 nitrogen and oxygen atoms in total. The van der Waals surface area contributed by atoms with Gasteiger partial charge in [-0.15, -0.1) is 0 Å². The number of Topliss-reactive ketones (excluding diaryl/α,β-unsaturated/α-hetero) is 1. The number of aromatic amines is 1. The van der Waals surface area contributed by atoms with Crippen LogP contribution in [0.5, 0.6) is 0 Å². The van der Waals surface area contributed by atoms with E-state index in [-0.39, 0.29) is 16.4 Å². The third kappa shape index (κ3) is 4.12. The zero-order valence-corrected chi connectivity index (χ0v) is 16.1. The lowest BCUT2D eigenvalue weighted by Gasteiger charge is -2.13. The van der Waals surface area contributed by atoms with Crippen molar-refractivity contribution in [1.29, 1.82) is 0 Å². The Morgan fingerprint density at radius 2 is 1.78 bits per heavy atom. The summed E-state index contributed by atoms with van der Waals surface area (Å²) in [7, 11) is -3.62. The number of benzene rings is 1. The van der Waals surface area contributed by atoms with Gasteiger partial charge in [-0.1, -0.05) is 29.8 Å². The molecule has 0 spiro atoms. The molecule has 3 rings (SSSR count). The number of ketones is 1. The molecule has 0 aliphatic carbocycles. The van der Waals surface area contributed by atoms with Gasteiger partial charge in [-0.3, -0.25) is 4.79 Å². The van der Waals surface area contributed by atoms with Crippen molar-refractivity contribution >= 4 is 21.8 Å². The summed E-state index contributed by atoms with van der Waals surface area (Å²) in [6.45, 7) is 4.37. The van der Waals surface area contributed by atoms with Crippen molar-refractivity contribution in [2.75, 3.05) is 13.1 Å². The largest absolute Gasteiger partial charge is 0.450 e. The van der Waals surface area contributed by atoms with Crippen LogP contribution in [0.3, 0.4) is 0 Å². The number of nitrogens with one attached hydrogen (secondary N) is 1. The Balaban J connectivity index is 1.68. The van der Waals surface area contributed by atoms with Crippen molar-refractivity contribution in [3.8, 4) is 0 Å². The lowest BCUT2D eigenvalue weighted by Crippen LogP contribution is -2.27. The molecule has 0 bridgehead atoms. The van der Waals surface area contributed by atoms with Crippen LogP contribution in [0.25, 0.3) is 0 Å². The van der Waals surface area contributed by atoms with Gasteiger partial charge in [0.2, 0.25) is 15.8 Å². The van der Waals surface area contributed by atoms with E-state index in [9.17, 15) is 18.0 Å². The van der Waals surface area contributed by atoms with Crippen LogP contribution in [0.15, 0.2) is 41.4 Å². The Kier molecular flexibility index (Phi) is 5.48. The fraction of sp³-hybridized carbons (Fsp3) is 0.368. The van der Waals surface area contributed by atoms with Crippen molar-refractivity contribution in [3.63, 3.8) is 0 Å². The van der Waals surface area contributed by atoms with E-state index in [2.05, 4.69) is 4.98 Å². The van der Waals surface area contributed by atoms with Crippen molar-refractivity contribution in [2.24, 2.45) is 0 Å². The summed E-state index contributed by atoms with van der Waals surface area (Å²) in [6, 6.07) is 8.22. The van der Waals surface area contributed by atoms with Gasteiger partial charge in [0.05, 0.1) is 0 Å². The number of rotatable bonds is 6. The molecule has 0 saturated carbocycles. The highest BCUT2D eigenvalue weighted by Crippen LogP contribution is 2.22. The van der Waals surface area contributed by atoms with E-state index in [1.54, 1.807) is 12.1 Å². The average Bonchev–Trinajstić information content (AvgIpc) is 3.34. The van der Waals surface area contributed by atoms with Crippen LogP contribution in [0.1, 0.15) is 46.2 Å². The molecule has 1 N–H and O–H groups in total. The number of ether oxygens (including phenoxy) is 1. The van der Waals surface area contributed by atoms with Gasteiger partial charge >= 0.3 is 5.97 Å². The van der Waals surface area contributed by atoms with Crippen molar-refractivity contribution in [1.82, 2.24) is 9.29 Å². The summed E-state index contributed by atoms with van der Waals surface area (Å²) in [5, 5.41) is 0. The summed E-state index contributed by atoms with van der Waals surface area (Å²) >= 11 is 0. The van der Waals surface area contributed by atoms with Gasteiger partial charge in [-0.05, 0) is 32.8 Å². The smallest absolute Gasteiger partial charge is 0.355 e. The second-order valence-corrected chi connectivity index (χ2v) is 8.58. The second kappa shape index (κ2) is 7.66. The van der Waals surface area contributed by atoms with Crippen LogP contribution in [0.4, 0.5) is 0 Å². The van der Waals surface area contributed by atoms with E-state index in [1.165, 1.54) is 23.5 Å². The number of hydrogen-bond donors (Lipinski definition) is 1. The van der Waals surface area contributed by atoms with E-state index in [0.29, 0.717) is 18.7 Å². The number of carbonyl (C=O) groups excluding carboxylic acids is 2. The quantitative estimate of drug-likeness (QED) is 0.604. The van der Waals surface area contributed by atoms with Gasteiger partial charge in [0, 0.05) is 24.8 Å². The lowest BCUT2D eigenvalue weighted by atomic mass is 10.1. The molecule has 0 radical (unpaired) electrons. The molecule has 1 atom stereocenters. The van der Waals surface area contributed by atoms with E-state index < -0.39 is 22.1 Å². The molecule has 1 saturated heterocycles. The monoisotopic (exact) mass is 390 g/mol. The summed E-state index contributed by atoms with van der Waals surface area (Å²) in [6.07, 6.45) is 1.95. The number of nitrogens with zero attached hydrogens (tertiary/aromatic N) is 1. The summed E-state index contributed by atoms with van der Waals surface area (Å²) in [5.74, 6) is -1.09. The minimum Gasteiger partial charge on any atom is -0.450 e. The fourth-order valence-electron chi connectivity index (χ4n) is 2.95. The molecule has 2 heterocycles. The van der Waals surface area contributed by atoms with E-state index >= 15 is 0 Å². The highest BCUT2D eigenvalue weighted by Gasteiger charge is 2.29. The molecule has 27 heavy (non-hydrogen) atoms. The normalized spacial score (nSPS) is 16.2. The highest BCUT2D eigenvalue weighted by atomic mass is 32.2. The molecule has 1 aliphatic rings. The molecular weight excluding hydrogens is 368 g/mol. The number of hydrogen-bond acceptors (Lipinski definition) is 5. The van der Waals surface area contributed by atoms with Crippen LogP contribution in [0.2, 0.25) is 0 Å². The molecule has 1 aromatic carbocycles. The maximum Gasteiger partial charge on any atom is 0.355 e. The van der Waals surface area contributed by atoms with Crippen LogP contribution in [0, 0.1) is 6.92 Å². The molecule has 1 aliphatic heterocycles. The molecule has 0 amide bonds. The molecule has 1 fully saturated rings. The Morgan fingerprint density at radius 1 is 1.15 bits per heavy atom. The fourth-order valence-corrected chi connectivity index (χ4v) is 4.46. The minimum atomic E-state index is -3.62. The van der Waals surface area contributed by atoms with E-state index in [1.807, 2.05) is 19.1 Å². The SMILES string of the molecule is Cc1ccc(C(=O)[C@@H](C)OC(=O)c2cc(S(=O)(=O)N3CCCC3)c[nH]2)cc1. The number of aryl methyl sites for hydroxylation is 1. The Labute approximate surface area is 158 Å². The van der Waals surface area contributed by atoms with Gasteiger partial charge in [0.15, 0.2) is 6.10 Å². The van der Waals surface area contributed by atoms with Gasteiger partial charge in [-0.25, -0.2) is 13.2 Å². The molecule has 8 heteroatoms. The van der Waals surface area contributed by atoms with Gasteiger partial charge in [0.25, 0.3) is 0 Å². The molecular formula is C19H22N2O5S. The van der Waals surface area contributed by atoms with Gasteiger partial charge in [-0.2, -0.15) is 4.31 Å². The first kappa shape index (κ1) is 19.3. The summed E-state index contributed by atoms with van der Waals surface area (Å²) in [5.41, 5.74) is 1.47. The van der Waals surface area contributed by atoms with Crippen LogP contribution < -0.4 is 0 Å². The van der Waals surface area contributed by atoms with Crippen molar-refractivity contribution in [3.05, 3.63) is 53.3 Å². The molecule has 0 unspecified atom stereocenters. The predicted octanol–water partition coefficient (Wildman–Crippen LogP) is 2.54. The first-order valence-corrected chi connectivity index (χ1v) is 10.2. The Hall–Kier alpha value is -2.45. The third-order valence-corrected chi connectivity index (χ3v) is 6.44. The molecule has 1 aromatic heterocycles. The third-order valence-electron chi connectivity index (χ3n) is 4.57. The second-order valence-electron chi connectivity index (χ2n) is 6.64. The maximum atomic E-state index is 12.5. The van der Waals surface area contributed by atoms with Gasteiger partial charge in [0.1, 0.15) is 10.6 Å². The molecule has 2 aromatic rings. The number of aromatic nitrogens is 1. The maximum absolute atomic E-state index is 12.5. The number of esters is 1.